The van der Waals surface area contributed by atoms with Crippen LogP contribution in [0, 0.1) is 18.8 Å². The van der Waals surface area contributed by atoms with Crippen molar-refractivity contribution in [2.45, 2.75) is 31.4 Å². The van der Waals surface area contributed by atoms with E-state index in [1.54, 1.807) is 6.07 Å². The molecule has 2 rings (SSSR count). The van der Waals surface area contributed by atoms with Crippen LogP contribution in [-0.4, -0.2) is 35.2 Å². The Labute approximate surface area is 130 Å². The number of amides is 1. The van der Waals surface area contributed by atoms with Crippen molar-refractivity contribution in [3.63, 3.8) is 0 Å². The summed E-state index contributed by atoms with van der Waals surface area (Å²) in [4.78, 5) is 12.2. The lowest BCUT2D eigenvalue weighted by atomic mass is 10.0. The number of aliphatic hydroxyl groups is 1. The van der Waals surface area contributed by atoms with Crippen LogP contribution in [0.5, 0.6) is 0 Å². The SMILES string of the molecule is Cc1ccc(C(=O)NCC2CCCCS2)cc1C#CCO. The molecule has 0 radical (unpaired) electrons. The molecule has 2 N–H and O–H groups in total. The molecule has 21 heavy (non-hydrogen) atoms. The maximum Gasteiger partial charge on any atom is 0.251 e. The van der Waals surface area contributed by atoms with Gasteiger partial charge in [-0.3, -0.25) is 4.79 Å². The molecule has 0 bridgehead atoms. The first kappa shape index (κ1) is 15.9. The summed E-state index contributed by atoms with van der Waals surface area (Å²) < 4.78 is 0. The number of aryl methyl sites for hydroxylation is 1. The van der Waals surface area contributed by atoms with E-state index < -0.39 is 0 Å². The molecular weight excluding hydrogens is 282 g/mol. The molecule has 4 heteroatoms. The number of nitrogens with one attached hydrogen (secondary N) is 1. The van der Waals surface area contributed by atoms with Gasteiger partial charge >= 0.3 is 0 Å². The maximum atomic E-state index is 12.2. The van der Waals surface area contributed by atoms with Crippen LogP contribution in [0.1, 0.15) is 40.7 Å². The van der Waals surface area contributed by atoms with Crippen molar-refractivity contribution in [1.29, 1.82) is 0 Å². The van der Waals surface area contributed by atoms with Gasteiger partial charge in [0.05, 0.1) is 0 Å². The second-order valence-corrected chi connectivity index (χ2v) is 6.60. The number of carbonyl (C=O) groups excluding carboxylic acids is 1. The van der Waals surface area contributed by atoms with Crippen LogP contribution < -0.4 is 5.32 Å². The van der Waals surface area contributed by atoms with Crippen LogP contribution in [-0.2, 0) is 0 Å². The maximum absolute atomic E-state index is 12.2. The third-order valence-corrected chi connectivity index (χ3v) is 4.96. The molecule has 0 aliphatic carbocycles. The molecule has 1 saturated heterocycles. The van der Waals surface area contributed by atoms with E-state index >= 15 is 0 Å². The molecule has 1 heterocycles. The number of thioether (sulfide) groups is 1. The van der Waals surface area contributed by atoms with Gasteiger partial charge in [0.1, 0.15) is 6.61 Å². The molecule has 1 atom stereocenters. The molecule has 1 fully saturated rings. The normalized spacial score (nSPS) is 17.7. The second-order valence-electron chi connectivity index (χ2n) is 5.19. The Morgan fingerprint density at radius 2 is 2.33 bits per heavy atom. The highest BCUT2D eigenvalue weighted by Crippen LogP contribution is 2.24. The summed E-state index contributed by atoms with van der Waals surface area (Å²) in [5.41, 5.74) is 2.43. The first-order valence-corrected chi connectivity index (χ1v) is 8.36. The van der Waals surface area contributed by atoms with Crippen LogP contribution in [0.15, 0.2) is 18.2 Å². The Bertz CT molecular complexity index is 554. The molecule has 1 aliphatic rings. The van der Waals surface area contributed by atoms with Gasteiger partial charge in [-0.1, -0.05) is 24.3 Å². The van der Waals surface area contributed by atoms with Gasteiger partial charge in [0.15, 0.2) is 0 Å². The largest absolute Gasteiger partial charge is 0.384 e. The van der Waals surface area contributed by atoms with E-state index in [2.05, 4.69) is 17.2 Å². The quantitative estimate of drug-likeness (QED) is 0.843. The fourth-order valence-electron chi connectivity index (χ4n) is 2.31. The number of rotatable bonds is 3. The minimum absolute atomic E-state index is 0.0479. The molecule has 1 unspecified atom stereocenters. The van der Waals surface area contributed by atoms with Gasteiger partial charge in [-0.25, -0.2) is 0 Å². The first-order chi connectivity index (χ1) is 10.2. The average Bonchev–Trinajstić information content (AvgIpc) is 2.53. The Morgan fingerprint density at radius 1 is 1.48 bits per heavy atom. The summed E-state index contributed by atoms with van der Waals surface area (Å²) in [6, 6.07) is 5.51. The standard InChI is InChI=1S/C17H21NO2S/c1-13-7-8-15(11-14(13)5-4-9-19)17(20)18-12-16-6-2-3-10-21-16/h7-8,11,16,19H,2-3,6,9-10,12H2,1H3,(H,18,20). The van der Waals surface area contributed by atoms with E-state index in [0.29, 0.717) is 10.8 Å². The molecule has 1 aromatic rings. The molecule has 1 aromatic carbocycles. The van der Waals surface area contributed by atoms with Crippen molar-refractivity contribution in [2.75, 3.05) is 18.9 Å². The zero-order valence-electron chi connectivity index (χ0n) is 12.3. The number of benzene rings is 1. The fourth-order valence-corrected chi connectivity index (χ4v) is 3.55. The summed E-state index contributed by atoms with van der Waals surface area (Å²) in [5, 5.41) is 12.3. The predicted molar refractivity (Wildman–Crippen MR) is 87.6 cm³/mol. The summed E-state index contributed by atoms with van der Waals surface area (Å²) >= 11 is 1.95. The minimum atomic E-state index is -0.172. The highest BCUT2D eigenvalue weighted by atomic mass is 32.2. The predicted octanol–water partition coefficient (Wildman–Crippen LogP) is 2.35. The molecule has 0 saturated carbocycles. The smallest absolute Gasteiger partial charge is 0.251 e. The number of hydrogen-bond acceptors (Lipinski definition) is 3. The summed E-state index contributed by atoms with van der Waals surface area (Å²) in [6.07, 6.45) is 3.74. The lowest BCUT2D eigenvalue weighted by molar-refractivity contribution is 0.0953. The van der Waals surface area contributed by atoms with Crippen LogP contribution in [0.2, 0.25) is 0 Å². The third kappa shape index (κ3) is 4.80. The van der Waals surface area contributed by atoms with E-state index in [-0.39, 0.29) is 12.5 Å². The van der Waals surface area contributed by atoms with Crippen LogP contribution in [0.25, 0.3) is 0 Å². The van der Waals surface area contributed by atoms with E-state index in [1.165, 1.54) is 25.0 Å². The molecule has 1 amide bonds. The van der Waals surface area contributed by atoms with Crippen molar-refractivity contribution >= 4 is 17.7 Å². The summed E-state index contributed by atoms with van der Waals surface area (Å²) in [6.45, 7) is 2.51. The van der Waals surface area contributed by atoms with Gasteiger partial charge in [-0.05, 0) is 43.2 Å². The fraction of sp³-hybridized carbons (Fsp3) is 0.471. The van der Waals surface area contributed by atoms with Gasteiger partial charge < -0.3 is 10.4 Å². The molecule has 3 nitrogen and oxygen atoms in total. The number of aliphatic hydroxyl groups excluding tert-OH is 1. The molecular formula is C17H21NO2S. The summed E-state index contributed by atoms with van der Waals surface area (Å²) in [5.74, 6) is 6.66. The molecule has 0 spiro atoms. The topological polar surface area (TPSA) is 49.3 Å². The van der Waals surface area contributed by atoms with Crippen LogP contribution in [0.3, 0.4) is 0 Å². The molecule has 0 aromatic heterocycles. The van der Waals surface area contributed by atoms with E-state index in [9.17, 15) is 4.79 Å². The number of hydrogen-bond donors (Lipinski definition) is 2. The van der Waals surface area contributed by atoms with Gasteiger partial charge in [-0.15, -0.1) is 0 Å². The highest BCUT2D eigenvalue weighted by molar-refractivity contribution is 7.99. The van der Waals surface area contributed by atoms with Gasteiger partial charge in [0.2, 0.25) is 0 Å². The first-order valence-electron chi connectivity index (χ1n) is 7.31. The van der Waals surface area contributed by atoms with Gasteiger partial charge in [0.25, 0.3) is 5.91 Å². The van der Waals surface area contributed by atoms with Crippen molar-refractivity contribution in [2.24, 2.45) is 0 Å². The van der Waals surface area contributed by atoms with Crippen LogP contribution >= 0.6 is 11.8 Å². The molecule has 1 aliphatic heterocycles. The van der Waals surface area contributed by atoms with E-state index in [1.807, 2.05) is 30.8 Å². The van der Waals surface area contributed by atoms with Gasteiger partial charge in [0, 0.05) is 22.9 Å². The lowest BCUT2D eigenvalue weighted by Crippen LogP contribution is -2.31. The summed E-state index contributed by atoms with van der Waals surface area (Å²) in [7, 11) is 0. The van der Waals surface area contributed by atoms with Crippen molar-refractivity contribution in [3.05, 3.63) is 34.9 Å². The monoisotopic (exact) mass is 303 g/mol. The zero-order chi connectivity index (χ0) is 15.1. The highest BCUT2D eigenvalue weighted by Gasteiger charge is 2.15. The van der Waals surface area contributed by atoms with Crippen molar-refractivity contribution < 1.29 is 9.90 Å². The second kappa shape index (κ2) is 8.11. The minimum Gasteiger partial charge on any atom is -0.384 e. The number of carbonyl (C=O) groups is 1. The van der Waals surface area contributed by atoms with Gasteiger partial charge in [-0.2, -0.15) is 11.8 Å². The third-order valence-electron chi connectivity index (χ3n) is 3.57. The van der Waals surface area contributed by atoms with Crippen LogP contribution in [0.4, 0.5) is 0 Å². The lowest BCUT2D eigenvalue weighted by Gasteiger charge is -2.21. The van der Waals surface area contributed by atoms with Crippen molar-refractivity contribution in [1.82, 2.24) is 5.32 Å². The average molecular weight is 303 g/mol. The Kier molecular flexibility index (Phi) is 6.16. The van der Waals surface area contributed by atoms with E-state index in [4.69, 9.17) is 5.11 Å². The van der Waals surface area contributed by atoms with E-state index in [0.717, 1.165) is 17.7 Å². The Hall–Kier alpha value is -1.44. The van der Waals surface area contributed by atoms with Crippen molar-refractivity contribution in [3.8, 4) is 11.8 Å². The molecule has 112 valence electrons. The Balaban J connectivity index is 1.98. The Morgan fingerprint density at radius 3 is 3.05 bits per heavy atom. The zero-order valence-corrected chi connectivity index (χ0v) is 13.1.